The first kappa shape index (κ1) is 13.9. The summed E-state index contributed by atoms with van der Waals surface area (Å²) in [6, 6.07) is 7.15. The van der Waals surface area contributed by atoms with Crippen LogP contribution < -0.4 is 10.1 Å². The Morgan fingerprint density at radius 3 is 2.60 bits per heavy atom. The fraction of sp³-hybridized carbons (Fsp3) is 0.667. The van der Waals surface area contributed by atoms with E-state index in [2.05, 4.69) is 30.6 Å². The first-order valence-electron chi connectivity index (χ1n) is 8.32. The lowest BCUT2D eigenvalue weighted by atomic mass is 9.82. The van der Waals surface area contributed by atoms with Gasteiger partial charge in [0.25, 0.3) is 0 Å². The first-order chi connectivity index (χ1) is 9.90. The minimum Gasteiger partial charge on any atom is -0.493 e. The van der Waals surface area contributed by atoms with Gasteiger partial charge in [-0.1, -0.05) is 50.3 Å². The van der Waals surface area contributed by atoms with Crippen LogP contribution >= 0.6 is 0 Å². The number of nitrogens with one attached hydrogen (secondary N) is 1. The van der Waals surface area contributed by atoms with E-state index in [0.717, 1.165) is 18.9 Å². The molecule has 1 aromatic carbocycles. The van der Waals surface area contributed by atoms with Crippen LogP contribution in [0, 0.1) is 5.92 Å². The van der Waals surface area contributed by atoms with Gasteiger partial charge in [0.05, 0.1) is 6.61 Å². The topological polar surface area (TPSA) is 21.3 Å². The van der Waals surface area contributed by atoms with E-state index in [1.807, 2.05) is 0 Å². The zero-order valence-corrected chi connectivity index (χ0v) is 12.7. The summed E-state index contributed by atoms with van der Waals surface area (Å²) in [5.74, 6) is 1.94. The predicted molar refractivity (Wildman–Crippen MR) is 83.3 cm³/mol. The maximum atomic E-state index is 5.92. The maximum absolute atomic E-state index is 5.92. The number of fused-ring (bicyclic) bond motifs is 1. The second-order valence-corrected chi connectivity index (χ2v) is 6.31. The van der Waals surface area contributed by atoms with Gasteiger partial charge in [-0.2, -0.15) is 0 Å². The molecular formula is C18H27NO. The Kier molecular flexibility index (Phi) is 4.62. The Hall–Kier alpha value is -1.02. The van der Waals surface area contributed by atoms with E-state index in [1.54, 1.807) is 0 Å². The van der Waals surface area contributed by atoms with Crippen LogP contribution in [-0.2, 0) is 6.42 Å². The molecule has 2 aliphatic rings. The minimum absolute atomic E-state index is 0.459. The molecule has 1 aliphatic heterocycles. The van der Waals surface area contributed by atoms with Crippen molar-refractivity contribution in [2.45, 2.75) is 57.4 Å². The van der Waals surface area contributed by atoms with Gasteiger partial charge in [-0.3, -0.25) is 0 Å². The van der Waals surface area contributed by atoms with Crippen LogP contribution in [-0.4, -0.2) is 13.7 Å². The molecule has 0 amide bonds. The van der Waals surface area contributed by atoms with E-state index in [1.165, 1.54) is 61.8 Å². The Morgan fingerprint density at radius 1 is 1.10 bits per heavy atom. The standard InChI is InChI=1S/C18H27NO/c1-19-17(14-8-5-3-2-4-6-9-14)16-11-7-10-15-12-13-20-18(15)16/h7,10-11,14,17,19H,2-6,8-9,12-13H2,1H3. The second-order valence-electron chi connectivity index (χ2n) is 6.31. The molecule has 1 fully saturated rings. The summed E-state index contributed by atoms with van der Waals surface area (Å²) >= 11 is 0. The van der Waals surface area contributed by atoms with Crippen molar-refractivity contribution in [1.29, 1.82) is 0 Å². The highest BCUT2D eigenvalue weighted by Gasteiger charge is 2.27. The SMILES string of the molecule is CNC(c1cccc2c1OCC2)C1CCCCCCC1. The van der Waals surface area contributed by atoms with Gasteiger partial charge in [0.1, 0.15) is 5.75 Å². The fourth-order valence-electron chi connectivity index (χ4n) is 3.95. The van der Waals surface area contributed by atoms with E-state index in [9.17, 15) is 0 Å². The summed E-state index contributed by atoms with van der Waals surface area (Å²) in [7, 11) is 2.11. The molecule has 1 heterocycles. The van der Waals surface area contributed by atoms with Crippen LogP contribution in [0.25, 0.3) is 0 Å². The van der Waals surface area contributed by atoms with Crippen LogP contribution in [0.15, 0.2) is 18.2 Å². The third-order valence-electron chi connectivity index (χ3n) is 5.01. The molecule has 3 rings (SSSR count). The molecular weight excluding hydrogens is 246 g/mol. The molecule has 110 valence electrons. The van der Waals surface area contributed by atoms with Gasteiger partial charge in [-0.25, -0.2) is 0 Å². The van der Waals surface area contributed by atoms with Crippen molar-refractivity contribution in [1.82, 2.24) is 5.32 Å². The van der Waals surface area contributed by atoms with E-state index in [-0.39, 0.29) is 0 Å². The average molecular weight is 273 g/mol. The summed E-state index contributed by atoms with van der Waals surface area (Å²) in [4.78, 5) is 0. The Morgan fingerprint density at radius 2 is 1.85 bits per heavy atom. The van der Waals surface area contributed by atoms with Gasteiger partial charge in [0.15, 0.2) is 0 Å². The first-order valence-corrected chi connectivity index (χ1v) is 8.32. The number of ether oxygens (including phenoxy) is 1. The number of rotatable bonds is 3. The smallest absolute Gasteiger partial charge is 0.127 e. The largest absolute Gasteiger partial charge is 0.493 e. The van der Waals surface area contributed by atoms with Crippen LogP contribution in [0.3, 0.4) is 0 Å². The summed E-state index contributed by atoms with van der Waals surface area (Å²) in [6.45, 7) is 0.855. The van der Waals surface area contributed by atoms with E-state index in [0.29, 0.717) is 6.04 Å². The molecule has 20 heavy (non-hydrogen) atoms. The minimum atomic E-state index is 0.459. The Labute approximate surface area is 122 Å². The predicted octanol–water partition coefficient (Wildman–Crippen LogP) is 4.24. The maximum Gasteiger partial charge on any atom is 0.127 e. The molecule has 1 atom stereocenters. The third kappa shape index (κ3) is 2.85. The van der Waals surface area contributed by atoms with Crippen molar-refractivity contribution in [2.75, 3.05) is 13.7 Å². The molecule has 2 nitrogen and oxygen atoms in total. The zero-order chi connectivity index (χ0) is 13.8. The van der Waals surface area contributed by atoms with Crippen LogP contribution in [0.5, 0.6) is 5.75 Å². The molecule has 2 heteroatoms. The van der Waals surface area contributed by atoms with Crippen molar-refractivity contribution in [3.8, 4) is 5.75 Å². The van der Waals surface area contributed by atoms with Crippen molar-refractivity contribution >= 4 is 0 Å². The summed E-state index contributed by atoms with van der Waals surface area (Å²) in [5, 5.41) is 3.59. The lowest BCUT2D eigenvalue weighted by Crippen LogP contribution is -2.26. The highest BCUT2D eigenvalue weighted by atomic mass is 16.5. The fourth-order valence-corrected chi connectivity index (χ4v) is 3.95. The van der Waals surface area contributed by atoms with Gasteiger partial charge >= 0.3 is 0 Å². The average Bonchev–Trinajstić information content (AvgIpc) is 2.90. The summed E-state index contributed by atoms with van der Waals surface area (Å²) < 4.78 is 5.92. The van der Waals surface area contributed by atoms with Gasteiger partial charge in [0.2, 0.25) is 0 Å². The zero-order valence-electron chi connectivity index (χ0n) is 12.7. The molecule has 1 aromatic rings. The second kappa shape index (κ2) is 6.62. The molecule has 0 saturated heterocycles. The van der Waals surface area contributed by atoms with Crippen LogP contribution in [0.4, 0.5) is 0 Å². The van der Waals surface area contributed by atoms with Gasteiger partial charge in [-0.05, 0) is 31.4 Å². The molecule has 1 aliphatic carbocycles. The summed E-state index contributed by atoms with van der Waals surface area (Å²) in [6.07, 6.45) is 10.8. The van der Waals surface area contributed by atoms with Crippen molar-refractivity contribution in [3.05, 3.63) is 29.3 Å². The molecule has 0 radical (unpaired) electrons. The highest BCUT2D eigenvalue weighted by Crippen LogP contribution is 2.39. The monoisotopic (exact) mass is 273 g/mol. The number of para-hydroxylation sites is 1. The Balaban J connectivity index is 1.83. The molecule has 0 aromatic heterocycles. The molecule has 0 spiro atoms. The lowest BCUT2D eigenvalue weighted by Gasteiger charge is -2.30. The van der Waals surface area contributed by atoms with E-state index < -0.39 is 0 Å². The van der Waals surface area contributed by atoms with Gasteiger partial charge < -0.3 is 10.1 Å². The normalized spacial score (nSPS) is 21.6. The van der Waals surface area contributed by atoms with Crippen molar-refractivity contribution in [3.63, 3.8) is 0 Å². The van der Waals surface area contributed by atoms with E-state index >= 15 is 0 Å². The molecule has 0 bridgehead atoms. The molecule has 1 N–H and O–H groups in total. The van der Waals surface area contributed by atoms with E-state index in [4.69, 9.17) is 4.74 Å². The van der Waals surface area contributed by atoms with Crippen molar-refractivity contribution < 1.29 is 4.74 Å². The third-order valence-corrected chi connectivity index (χ3v) is 5.01. The lowest BCUT2D eigenvalue weighted by molar-refractivity contribution is 0.288. The van der Waals surface area contributed by atoms with Crippen LogP contribution in [0.2, 0.25) is 0 Å². The quantitative estimate of drug-likeness (QED) is 0.889. The Bertz CT molecular complexity index is 435. The van der Waals surface area contributed by atoms with Crippen LogP contribution in [0.1, 0.15) is 62.1 Å². The van der Waals surface area contributed by atoms with Crippen molar-refractivity contribution in [2.24, 2.45) is 5.92 Å². The van der Waals surface area contributed by atoms with Gasteiger partial charge in [0, 0.05) is 18.0 Å². The highest BCUT2D eigenvalue weighted by molar-refractivity contribution is 5.45. The van der Waals surface area contributed by atoms with Gasteiger partial charge in [-0.15, -0.1) is 0 Å². The number of hydrogen-bond acceptors (Lipinski definition) is 2. The molecule has 1 unspecified atom stereocenters. The molecule has 1 saturated carbocycles. The number of hydrogen-bond donors (Lipinski definition) is 1. The summed E-state index contributed by atoms with van der Waals surface area (Å²) in [5.41, 5.74) is 2.79. The number of benzene rings is 1.